The van der Waals surface area contributed by atoms with Gasteiger partial charge in [-0.3, -0.25) is 19.7 Å². The lowest BCUT2D eigenvalue weighted by molar-refractivity contribution is -0.384. The second kappa shape index (κ2) is 9.83. The molecule has 0 saturated carbocycles. The minimum Gasteiger partial charge on any atom is -0.507 e. The van der Waals surface area contributed by atoms with E-state index in [9.17, 15) is 24.8 Å². The number of likely N-dealkylation sites (N-methyl/N-ethyl adjacent to an activating group) is 1. The van der Waals surface area contributed by atoms with Crippen LogP contribution < -0.4 is 4.74 Å². The fraction of sp³-hybridized carbons (Fsp3) is 0.333. The Morgan fingerprint density at radius 1 is 1.18 bits per heavy atom. The molecule has 0 bridgehead atoms. The van der Waals surface area contributed by atoms with E-state index in [4.69, 9.17) is 4.74 Å². The van der Waals surface area contributed by atoms with Crippen LogP contribution in [0.3, 0.4) is 0 Å². The van der Waals surface area contributed by atoms with E-state index in [0.717, 1.165) is 0 Å². The predicted molar refractivity (Wildman–Crippen MR) is 123 cm³/mol. The van der Waals surface area contributed by atoms with Crippen LogP contribution in [0.2, 0.25) is 0 Å². The van der Waals surface area contributed by atoms with Crippen molar-refractivity contribution in [2.75, 3.05) is 27.2 Å². The van der Waals surface area contributed by atoms with Gasteiger partial charge in [0.05, 0.1) is 22.6 Å². The Morgan fingerprint density at radius 2 is 1.85 bits per heavy atom. The van der Waals surface area contributed by atoms with Crippen molar-refractivity contribution in [1.29, 1.82) is 0 Å². The summed E-state index contributed by atoms with van der Waals surface area (Å²) in [5, 5.41) is 22.4. The van der Waals surface area contributed by atoms with E-state index >= 15 is 0 Å². The van der Waals surface area contributed by atoms with E-state index in [2.05, 4.69) is 0 Å². The SMILES string of the molecule is CC(C)Oc1ccc(/C(O)=C2\C(=O)C(=O)N(CCN(C)C)[C@H]2c2cccc([N+](=O)[O-])c2)cc1. The summed E-state index contributed by atoms with van der Waals surface area (Å²) in [4.78, 5) is 39.9. The average molecular weight is 453 g/mol. The highest BCUT2D eigenvalue weighted by Gasteiger charge is 2.46. The number of nitrogens with zero attached hydrogens (tertiary/aromatic N) is 3. The lowest BCUT2D eigenvalue weighted by Crippen LogP contribution is -2.35. The average Bonchev–Trinajstić information content (AvgIpc) is 3.02. The third-order valence-corrected chi connectivity index (χ3v) is 5.22. The van der Waals surface area contributed by atoms with Crippen LogP contribution in [0.1, 0.15) is 31.0 Å². The summed E-state index contributed by atoms with van der Waals surface area (Å²) in [6.45, 7) is 4.47. The molecule has 1 amide bonds. The molecule has 3 rings (SSSR count). The maximum atomic E-state index is 13.0. The molecule has 33 heavy (non-hydrogen) atoms. The van der Waals surface area contributed by atoms with Crippen LogP contribution >= 0.6 is 0 Å². The second-order valence-corrected chi connectivity index (χ2v) is 8.34. The highest BCUT2D eigenvalue weighted by molar-refractivity contribution is 6.46. The summed E-state index contributed by atoms with van der Waals surface area (Å²) in [5.74, 6) is -1.32. The Bertz CT molecular complexity index is 1090. The lowest BCUT2D eigenvalue weighted by atomic mass is 9.95. The number of Topliss-reactive ketones (excluding diaryl/α,β-unsaturated/α-hetero) is 1. The molecule has 1 heterocycles. The van der Waals surface area contributed by atoms with Crippen LogP contribution in [0, 0.1) is 10.1 Å². The Morgan fingerprint density at radius 3 is 2.42 bits per heavy atom. The van der Waals surface area contributed by atoms with Gasteiger partial charge in [-0.25, -0.2) is 0 Å². The van der Waals surface area contributed by atoms with Crippen LogP contribution in [0.15, 0.2) is 54.1 Å². The van der Waals surface area contributed by atoms with Gasteiger partial charge in [-0.2, -0.15) is 0 Å². The van der Waals surface area contributed by atoms with Crippen LogP contribution in [-0.2, 0) is 9.59 Å². The zero-order valence-corrected chi connectivity index (χ0v) is 19.0. The molecule has 0 aromatic heterocycles. The summed E-state index contributed by atoms with van der Waals surface area (Å²) >= 11 is 0. The fourth-order valence-corrected chi connectivity index (χ4v) is 3.69. The maximum absolute atomic E-state index is 13.0. The summed E-state index contributed by atoms with van der Waals surface area (Å²) in [6.07, 6.45) is -0.0275. The van der Waals surface area contributed by atoms with Gasteiger partial charge in [0.15, 0.2) is 0 Å². The molecular formula is C24H27N3O6. The second-order valence-electron chi connectivity index (χ2n) is 8.34. The number of carbonyl (C=O) groups excluding carboxylic acids is 2. The molecular weight excluding hydrogens is 426 g/mol. The van der Waals surface area contributed by atoms with Crippen molar-refractivity contribution < 1.29 is 24.4 Å². The number of nitro benzene ring substituents is 1. The number of carbonyl (C=O) groups is 2. The largest absolute Gasteiger partial charge is 0.507 e. The smallest absolute Gasteiger partial charge is 0.295 e. The first-order valence-corrected chi connectivity index (χ1v) is 10.5. The molecule has 174 valence electrons. The van der Waals surface area contributed by atoms with E-state index in [1.165, 1.54) is 23.1 Å². The number of hydrogen-bond donors (Lipinski definition) is 1. The number of aliphatic hydroxyl groups excluding tert-OH is 1. The molecule has 9 heteroatoms. The summed E-state index contributed by atoms with van der Waals surface area (Å²) in [7, 11) is 3.67. The standard InChI is InChI=1S/C24H27N3O6/c1-15(2)33-19-10-8-16(9-11-19)22(28)20-21(17-6-5-7-18(14-17)27(31)32)26(13-12-25(3)4)24(30)23(20)29/h5-11,14-15,21,28H,12-13H2,1-4H3/b22-20+/t21-/m0/s1. The first-order valence-electron chi connectivity index (χ1n) is 10.5. The molecule has 1 saturated heterocycles. The fourth-order valence-electron chi connectivity index (χ4n) is 3.69. The third kappa shape index (κ3) is 5.20. The van der Waals surface area contributed by atoms with Crippen molar-refractivity contribution in [3.05, 3.63) is 75.3 Å². The monoisotopic (exact) mass is 453 g/mol. The van der Waals surface area contributed by atoms with Crippen molar-refractivity contribution in [2.24, 2.45) is 0 Å². The van der Waals surface area contributed by atoms with Gasteiger partial charge in [0.25, 0.3) is 17.4 Å². The summed E-state index contributed by atoms with van der Waals surface area (Å²) in [5.41, 5.74) is 0.452. The first-order chi connectivity index (χ1) is 15.6. The molecule has 2 aromatic carbocycles. The van der Waals surface area contributed by atoms with Gasteiger partial charge in [0.1, 0.15) is 11.5 Å². The van der Waals surface area contributed by atoms with Crippen molar-refractivity contribution >= 4 is 23.1 Å². The minimum absolute atomic E-state index is 0.0275. The molecule has 2 aromatic rings. The maximum Gasteiger partial charge on any atom is 0.295 e. The van der Waals surface area contributed by atoms with Crippen LogP contribution in [0.25, 0.3) is 5.76 Å². The zero-order chi connectivity index (χ0) is 24.3. The summed E-state index contributed by atoms with van der Waals surface area (Å²) in [6, 6.07) is 11.4. The number of benzene rings is 2. The number of non-ortho nitro benzene ring substituents is 1. The first kappa shape index (κ1) is 23.9. The quantitative estimate of drug-likeness (QED) is 0.214. The normalized spacial score (nSPS) is 17.8. The highest BCUT2D eigenvalue weighted by atomic mass is 16.6. The number of ketones is 1. The minimum atomic E-state index is -0.948. The van der Waals surface area contributed by atoms with Gasteiger partial charge in [0.2, 0.25) is 0 Å². The highest BCUT2D eigenvalue weighted by Crippen LogP contribution is 2.40. The molecule has 1 fully saturated rings. The Balaban J connectivity index is 2.11. The van der Waals surface area contributed by atoms with Crippen LogP contribution in [0.5, 0.6) is 5.75 Å². The number of rotatable bonds is 8. The summed E-state index contributed by atoms with van der Waals surface area (Å²) < 4.78 is 5.61. The van der Waals surface area contributed by atoms with Gasteiger partial charge < -0.3 is 19.6 Å². The van der Waals surface area contributed by atoms with Gasteiger partial charge in [-0.05, 0) is 57.8 Å². The molecule has 0 radical (unpaired) electrons. The van der Waals surface area contributed by atoms with Gasteiger partial charge in [0, 0.05) is 30.8 Å². The number of nitro groups is 1. The number of aliphatic hydroxyl groups is 1. The van der Waals surface area contributed by atoms with Crippen LogP contribution in [-0.4, -0.2) is 64.8 Å². The molecule has 0 unspecified atom stereocenters. The van der Waals surface area contributed by atoms with E-state index in [1.54, 1.807) is 30.3 Å². The van der Waals surface area contributed by atoms with E-state index in [0.29, 0.717) is 23.4 Å². The lowest BCUT2D eigenvalue weighted by Gasteiger charge is -2.26. The van der Waals surface area contributed by atoms with Crippen molar-refractivity contribution in [3.63, 3.8) is 0 Å². The van der Waals surface area contributed by atoms with Crippen molar-refractivity contribution in [3.8, 4) is 5.75 Å². The van der Waals surface area contributed by atoms with E-state index < -0.39 is 22.7 Å². The molecule has 0 spiro atoms. The van der Waals surface area contributed by atoms with Gasteiger partial charge >= 0.3 is 0 Å². The molecule has 1 atom stereocenters. The number of hydrogen-bond acceptors (Lipinski definition) is 7. The zero-order valence-electron chi connectivity index (χ0n) is 19.0. The van der Waals surface area contributed by atoms with Crippen molar-refractivity contribution in [2.45, 2.75) is 26.0 Å². The molecule has 1 N–H and O–H groups in total. The van der Waals surface area contributed by atoms with Crippen molar-refractivity contribution in [1.82, 2.24) is 9.80 Å². The molecule has 1 aliphatic heterocycles. The Labute approximate surface area is 192 Å². The number of likely N-dealkylation sites (tertiary alicyclic amines) is 1. The topological polar surface area (TPSA) is 113 Å². The molecule has 9 nitrogen and oxygen atoms in total. The Hall–Kier alpha value is -3.72. The van der Waals surface area contributed by atoms with Crippen LogP contribution in [0.4, 0.5) is 5.69 Å². The number of ether oxygens (including phenoxy) is 1. The van der Waals surface area contributed by atoms with E-state index in [-0.39, 0.29) is 29.7 Å². The Kier molecular flexibility index (Phi) is 7.13. The van der Waals surface area contributed by atoms with Gasteiger partial charge in [-0.15, -0.1) is 0 Å². The van der Waals surface area contributed by atoms with Gasteiger partial charge in [-0.1, -0.05) is 12.1 Å². The third-order valence-electron chi connectivity index (χ3n) is 5.22. The molecule has 1 aliphatic rings. The predicted octanol–water partition coefficient (Wildman–Crippen LogP) is 3.37. The van der Waals surface area contributed by atoms with E-state index in [1.807, 2.05) is 32.8 Å². The number of amides is 1. The molecule has 0 aliphatic carbocycles.